The van der Waals surface area contributed by atoms with Crippen LogP contribution in [-0.4, -0.2) is 17.7 Å². The van der Waals surface area contributed by atoms with E-state index in [9.17, 15) is 9.59 Å². The van der Waals surface area contributed by atoms with Crippen molar-refractivity contribution in [1.82, 2.24) is 5.32 Å². The molecule has 2 rings (SSSR count). The minimum Gasteiger partial charge on any atom is -0.349 e. The van der Waals surface area contributed by atoms with Gasteiger partial charge in [-0.2, -0.15) is 0 Å². The third-order valence-corrected chi connectivity index (χ3v) is 6.00. The van der Waals surface area contributed by atoms with E-state index in [0.29, 0.717) is 23.5 Å². The first-order chi connectivity index (χ1) is 8.06. The molecule has 0 bridgehead atoms. The number of nitrogens with one attached hydrogen (secondary N) is 1. The Morgan fingerprint density at radius 3 is 2.53 bits per heavy atom. The Bertz CT molecular complexity index is 429. The Kier molecular flexibility index (Phi) is 4.38. The number of halogens is 2. The molecular weight excluding hydrogens is 370 g/mol. The molecule has 17 heavy (non-hydrogen) atoms. The molecule has 1 saturated carbocycles. The molecule has 1 N–H and O–H groups in total. The van der Waals surface area contributed by atoms with Gasteiger partial charge in [0.1, 0.15) is 5.78 Å². The van der Waals surface area contributed by atoms with Gasteiger partial charge in [0.15, 0.2) is 0 Å². The van der Waals surface area contributed by atoms with Crippen molar-refractivity contribution < 1.29 is 9.59 Å². The van der Waals surface area contributed by atoms with Gasteiger partial charge in [-0.05, 0) is 50.8 Å². The highest BCUT2D eigenvalue weighted by molar-refractivity contribution is 9.13. The Balaban J connectivity index is 1.95. The molecule has 6 heteroatoms. The summed E-state index contributed by atoms with van der Waals surface area (Å²) in [7, 11) is 0. The normalized spacial score (nSPS) is 17.2. The van der Waals surface area contributed by atoms with Crippen LogP contribution in [0, 0.1) is 0 Å². The van der Waals surface area contributed by atoms with Crippen molar-refractivity contribution >= 4 is 54.9 Å². The summed E-state index contributed by atoms with van der Waals surface area (Å²) < 4.78 is 1.81. The molecule has 92 valence electrons. The minimum absolute atomic E-state index is 0.0549. The van der Waals surface area contributed by atoms with Crippen molar-refractivity contribution in [1.29, 1.82) is 0 Å². The number of ketones is 1. The lowest BCUT2D eigenvalue weighted by Gasteiger charge is -2.21. The van der Waals surface area contributed by atoms with Gasteiger partial charge in [0.05, 0.1) is 8.66 Å². The summed E-state index contributed by atoms with van der Waals surface area (Å²) >= 11 is 8.12. The van der Waals surface area contributed by atoms with Crippen LogP contribution in [0.5, 0.6) is 0 Å². The minimum atomic E-state index is -0.0549. The van der Waals surface area contributed by atoms with Gasteiger partial charge in [0.2, 0.25) is 0 Å². The Labute approximate surface area is 120 Å². The Hall–Kier alpha value is -0.200. The van der Waals surface area contributed by atoms with Crippen molar-refractivity contribution in [3.63, 3.8) is 0 Å². The van der Waals surface area contributed by atoms with E-state index in [0.717, 1.165) is 21.1 Å². The van der Waals surface area contributed by atoms with E-state index in [1.54, 1.807) is 6.07 Å². The zero-order valence-corrected chi connectivity index (χ0v) is 13.0. The van der Waals surface area contributed by atoms with Gasteiger partial charge >= 0.3 is 0 Å². The molecule has 1 heterocycles. The zero-order valence-electron chi connectivity index (χ0n) is 8.96. The van der Waals surface area contributed by atoms with Gasteiger partial charge in [-0.25, -0.2) is 0 Å². The molecular formula is C11H11Br2NO2S. The highest BCUT2D eigenvalue weighted by atomic mass is 79.9. The van der Waals surface area contributed by atoms with Crippen LogP contribution in [0.2, 0.25) is 0 Å². The lowest BCUT2D eigenvalue weighted by atomic mass is 9.94. The summed E-state index contributed by atoms with van der Waals surface area (Å²) in [5.74, 6) is 0.248. The number of carbonyl (C=O) groups is 2. The first kappa shape index (κ1) is 13.2. The van der Waals surface area contributed by atoms with Crippen molar-refractivity contribution in [3.8, 4) is 0 Å². The monoisotopic (exact) mass is 379 g/mol. The molecule has 0 aromatic carbocycles. The maximum atomic E-state index is 11.9. The number of rotatable bonds is 2. The van der Waals surface area contributed by atoms with E-state index in [1.165, 1.54) is 11.3 Å². The number of carbonyl (C=O) groups excluding carboxylic acids is 2. The first-order valence-electron chi connectivity index (χ1n) is 5.33. The van der Waals surface area contributed by atoms with Crippen LogP contribution in [0.25, 0.3) is 0 Å². The van der Waals surface area contributed by atoms with E-state index >= 15 is 0 Å². The molecule has 1 aliphatic carbocycles. The lowest BCUT2D eigenvalue weighted by molar-refractivity contribution is -0.120. The number of thiophene rings is 1. The average Bonchev–Trinajstić information content (AvgIpc) is 2.63. The fourth-order valence-corrected chi connectivity index (χ4v) is 3.74. The molecule has 1 aromatic rings. The van der Waals surface area contributed by atoms with Gasteiger partial charge in [0, 0.05) is 23.4 Å². The highest BCUT2D eigenvalue weighted by Crippen LogP contribution is 2.32. The number of hydrogen-bond donors (Lipinski definition) is 1. The number of Topliss-reactive ketones (excluding diaryl/α,β-unsaturated/α-hetero) is 1. The first-order valence-corrected chi connectivity index (χ1v) is 7.74. The average molecular weight is 381 g/mol. The van der Waals surface area contributed by atoms with Gasteiger partial charge in [0.25, 0.3) is 5.91 Å². The van der Waals surface area contributed by atoms with Crippen molar-refractivity contribution in [3.05, 3.63) is 19.2 Å². The Morgan fingerprint density at radius 1 is 1.35 bits per heavy atom. The van der Waals surface area contributed by atoms with Crippen LogP contribution < -0.4 is 5.32 Å². The fourth-order valence-electron chi connectivity index (χ4n) is 1.80. The molecule has 1 fully saturated rings. The second-order valence-electron chi connectivity index (χ2n) is 4.02. The molecule has 0 unspecified atom stereocenters. The van der Waals surface area contributed by atoms with Gasteiger partial charge in [-0.15, -0.1) is 11.3 Å². The Morgan fingerprint density at radius 2 is 2.00 bits per heavy atom. The van der Waals surface area contributed by atoms with Gasteiger partial charge in [-0.3, -0.25) is 9.59 Å². The lowest BCUT2D eigenvalue weighted by Crippen LogP contribution is -2.37. The standard InChI is InChI=1S/C11H11Br2NO2S/c12-8-5-9(17-10(8)13)11(16)14-6-1-3-7(15)4-2-6/h5-6H,1-4H2,(H,14,16). The maximum Gasteiger partial charge on any atom is 0.261 e. The summed E-state index contributed by atoms with van der Waals surface area (Å²) in [5.41, 5.74) is 0. The molecule has 0 aliphatic heterocycles. The molecule has 0 saturated heterocycles. The molecule has 1 aromatic heterocycles. The van der Waals surface area contributed by atoms with E-state index in [2.05, 4.69) is 37.2 Å². The molecule has 3 nitrogen and oxygen atoms in total. The molecule has 0 atom stereocenters. The highest BCUT2D eigenvalue weighted by Gasteiger charge is 2.21. The smallest absolute Gasteiger partial charge is 0.261 e. The zero-order chi connectivity index (χ0) is 12.4. The quantitative estimate of drug-likeness (QED) is 0.853. The van der Waals surface area contributed by atoms with Crippen LogP contribution in [-0.2, 0) is 4.79 Å². The second-order valence-corrected chi connectivity index (χ2v) is 7.24. The van der Waals surface area contributed by atoms with Crippen molar-refractivity contribution in [2.75, 3.05) is 0 Å². The van der Waals surface area contributed by atoms with E-state index < -0.39 is 0 Å². The largest absolute Gasteiger partial charge is 0.349 e. The van der Waals surface area contributed by atoms with Crippen LogP contribution in [0.15, 0.2) is 14.3 Å². The number of amides is 1. The predicted molar refractivity (Wildman–Crippen MR) is 74.4 cm³/mol. The molecule has 1 aliphatic rings. The predicted octanol–water partition coefficient (Wildman–Crippen LogP) is 3.51. The summed E-state index contributed by atoms with van der Waals surface area (Å²) in [5, 5.41) is 2.97. The third kappa shape index (κ3) is 3.39. The summed E-state index contributed by atoms with van der Waals surface area (Å²) in [6.45, 7) is 0. The molecule has 0 radical (unpaired) electrons. The number of hydrogen-bond acceptors (Lipinski definition) is 3. The molecule has 0 spiro atoms. The van der Waals surface area contributed by atoms with Crippen LogP contribution in [0.3, 0.4) is 0 Å². The van der Waals surface area contributed by atoms with Crippen LogP contribution in [0.1, 0.15) is 35.4 Å². The van der Waals surface area contributed by atoms with Crippen molar-refractivity contribution in [2.45, 2.75) is 31.7 Å². The SMILES string of the molecule is O=C1CCC(NC(=O)c2cc(Br)c(Br)s2)CC1. The van der Waals surface area contributed by atoms with Crippen LogP contribution in [0.4, 0.5) is 0 Å². The second kappa shape index (κ2) is 5.63. The maximum absolute atomic E-state index is 11.9. The van der Waals surface area contributed by atoms with Gasteiger partial charge in [-0.1, -0.05) is 0 Å². The molecule has 1 amide bonds. The van der Waals surface area contributed by atoms with E-state index in [-0.39, 0.29) is 11.9 Å². The van der Waals surface area contributed by atoms with E-state index in [1.807, 2.05) is 0 Å². The summed E-state index contributed by atoms with van der Waals surface area (Å²) in [6.07, 6.45) is 2.70. The van der Waals surface area contributed by atoms with E-state index in [4.69, 9.17) is 0 Å². The van der Waals surface area contributed by atoms with Gasteiger partial charge < -0.3 is 5.32 Å². The summed E-state index contributed by atoms with van der Waals surface area (Å²) in [6, 6.07) is 1.94. The fraction of sp³-hybridized carbons (Fsp3) is 0.455. The van der Waals surface area contributed by atoms with Crippen molar-refractivity contribution in [2.24, 2.45) is 0 Å². The van der Waals surface area contributed by atoms with Crippen LogP contribution >= 0.6 is 43.2 Å². The topological polar surface area (TPSA) is 46.2 Å². The third-order valence-electron chi connectivity index (χ3n) is 2.75. The summed E-state index contributed by atoms with van der Waals surface area (Å²) in [4.78, 5) is 23.7.